The smallest absolute Gasteiger partial charge is 0.233 e. The number of carbonyl (C=O) groups excluding carboxylic acids is 2. The Morgan fingerprint density at radius 3 is 2.78 bits per heavy atom. The lowest BCUT2D eigenvalue weighted by Crippen LogP contribution is -2.34. The summed E-state index contributed by atoms with van der Waals surface area (Å²) in [6, 6.07) is 6.54. The van der Waals surface area contributed by atoms with Crippen LogP contribution >= 0.6 is 0 Å². The molecule has 1 unspecified atom stereocenters. The molecule has 2 aliphatic rings. The molecule has 6 heteroatoms. The zero-order valence-corrected chi connectivity index (χ0v) is 15.8. The van der Waals surface area contributed by atoms with E-state index < -0.39 is 0 Å². The zero-order chi connectivity index (χ0) is 19.0. The summed E-state index contributed by atoms with van der Waals surface area (Å²) in [5.74, 6) is 0.298. The molecule has 3 heterocycles. The number of aldehydes is 1. The van der Waals surface area contributed by atoms with Crippen LogP contribution in [0.3, 0.4) is 0 Å². The Balaban J connectivity index is 1.59. The third-order valence-electron chi connectivity index (χ3n) is 5.98. The molecule has 6 nitrogen and oxygen atoms in total. The van der Waals surface area contributed by atoms with Crippen molar-refractivity contribution in [3.8, 4) is 0 Å². The van der Waals surface area contributed by atoms with Crippen LogP contribution in [0.2, 0.25) is 0 Å². The van der Waals surface area contributed by atoms with E-state index in [-0.39, 0.29) is 11.8 Å². The number of piperidine rings is 2. The molecule has 1 aromatic carbocycles. The summed E-state index contributed by atoms with van der Waals surface area (Å²) in [4.78, 5) is 25.3. The van der Waals surface area contributed by atoms with Crippen LogP contribution in [0.15, 0.2) is 30.5 Å². The number of nitrogens with zero attached hydrogens (tertiary/aromatic N) is 3. The molecule has 1 aromatic heterocycles. The Morgan fingerprint density at radius 2 is 2.07 bits per heavy atom. The third kappa shape index (κ3) is 3.41. The fourth-order valence-corrected chi connectivity index (χ4v) is 4.40. The maximum atomic E-state index is 12.4. The molecule has 1 atom stereocenters. The average molecular weight is 366 g/mol. The van der Waals surface area contributed by atoms with Gasteiger partial charge in [-0.15, -0.1) is 0 Å². The van der Waals surface area contributed by atoms with Crippen molar-refractivity contribution < 1.29 is 9.59 Å². The number of likely N-dealkylation sites (tertiary alicyclic amines) is 1. The first-order chi connectivity index (χ1) is 13.1. The van der Waals surface area contributed by atoms with Gasteiger partial charge in [0.05, 0.1) is 23.7 Å². The van der Waals surface area contributed by atoms with Gasteiger partial charge in [-0.25, -0.2) is 0 Å². The van der Waals surface area contributed by atoms with Crippen LogP contribution in [0, 0.1) is 0 Å². The number of hydrogen-bond acceptors (Lipinski definition) is 4. The van der Waals surface area contributed by atoms with Gasteiger partial charge >= 0.3 is 0 Å². The molecule has 142 valence electrons. The minimum Gasteiger partial charge on any atom is -0.330 e. The first-order valence-electron chi connectivity index (χ1n) is 9.68. The van der Waals surface area contributed by atoms with Crippen molar-refractivity contribution in [3.63, 3.8) is 0 Å². The molecular formula is C21H26N4O2. The van der Waals surface area contributed by atoms with Gasteiger partial charge in [-0.05, 0) is 56.3 Å². The minimum atomic E-state index is -0.211. The molecule has 2 aliphatic heterocycles. The van der Waals surface area contributed by atoms with Crippen LogP contribution in [0.5, 0.6) is 0 Å². The fourth-order valence-electron chi connectivity index (χ4n) is 4.40. The van der Waals surface area contributed by atoms with Gasteiger partial charge in [-0.2, -0.15) is 5.10 Å². The Hall–Kier alpha value is -2.47. The quantitative estimate of drug-likeness (QED) is 0.844. The highest BCUT2D eigenvalue weighted by atomic mass is 16.2. The minimum absolute atomic E-state index is 0.00197. The monoisotopic (exact) mass is 366 g/mol. The Bertz CT molecular complexity index is 893. The first kappa shape index (κ1) is 17.9. The van der Waals surface area contributed by atoms with Crippen LogP contribution in [0.4, 0.5) is 0 Å². The lowest BCUT2D eigenvalue weighted by atomic mass is 9.87. The van der Waals surface area contributed by atoms with Crippen LogP contribution < -0.4 is 5.32 Å². The lowest BCUT2D eigenvalue weighted by molar-refractivity contribution is -0.123. The Kier molecular flexibility index (Phi) is 4.83. The van der Waals surface area contributed by atoms with Crippen molar-refractivity contribution in [2.75, 3.05) is 19.6 Å². The number of carbonyl (C=O) groups is 2. The number of allylic oxidation sites excluding steroid dienone is 1. The van der Waals surface area contributed by atoms with E-state index in [0.717, 1.165) is 67.4 Å². The molecule has 4 rings (SSSR count). The molecule has 2 aromatic rings. The number of nitrogens with one attached hydrogen (secondary N) is 1. The lowest BCUT2D eigenvalue weighted by Gasteiger charge is -2.30. The number of benzene rings is 1. The van der Waals surface area contributed by atoms with Crippen molar-refractivity contribution in [3.05, 3.63) is 41.7 Å². The van der Waals surface area contributed by atoms with E-state index in [1.54, 1.807) is 0 Å². The number of amides is 1. The van der Waals surface area contributed by atoms with Gasteiger partial charge in [-0.1, -0.05) is 18.7 Å². The highest BCUT2D eigenvalue weighted by Crippen LogP contribution is 2.34. The van der Waals surface area contributed by atoms with Gasteiger partial charge in [0.15, 0.2) is 0 Å². The first-order valence-corrected chi connectivity index (χ1v) is 9.68. The highest BCUT2D eigenvalue weighted by molar-refractivity contribution is 5.92. The third-order valence-corrected chi connectivity index (χ3v) is 5.98. The van der Waals surface area contributed by atoms with Crippen LogP contribution in [-0.4, -0.2) is 46.5 Å². The predicted molar refractivity (Wildman–Crippen MR) is 104 cm³/mol. The summed E-state index contributed by atoms with van der Waals surface area (Å²) in [5.41, 5.74) is 4.06. The topological polar surface area (TPSA) is 67.2 Å². The van der Waals surface area contributed by atoms with Crippen molar-refractivity contribution in [1.82, 2.24) is 20.0 Å². The van der Waals surface area contributed by atoms with Crippen LogP contribution in [-0.2, 0) is 16.6 Å². The Labute approximate surface area is 159 Å². The van der Waals surface area contributed by atoms with Crippen molar-refractivity contribution in [2.24, 2.45) is 7.05 Å². The zero-order valence-electron chi connectivity index (χ0n) is 15.8. The second kappa shape index (κ2) is 7.27. The molecule has 1 N–H and O–H groups in total. The second-order valence-electron chi connectivity index (χ2n) is 7.71. The summed E-state index contributed by atoms with van der Waals surface area (Å²) in [6.45, 7) is 6.32. The molecular weight excluding hydrogens is 340 g/mol. The maximum Gasteiger partial charge on any atom is 0.233 e. The second-order valence-corrected chi connectivity index (χ2v) is 7.71. The molecule has 0 radical (unpaired) electrons. The van der Waals surface area contributed by atoms with Crippen LogP contribution in [0.25, 0.3) is 10.9 Å². The van der Waals surface area contributed by atoms with E-state index in [4.69, 9.17) is 5.10 Å². The molecule has 1 amide bonds. The fraction of sp³-hybridized carbons (Fsp3) is 0.476. The maximum absolute atomic E-state index is 12.4. The van der Waals surface area contributed by atoms with Gasteiger partial charge in [0, 0.05) is 18.1 Å². The summed E-state index contributed by atoms with van der Waals surface area (Å²) < 4.78 is 1.90. The molecule has 2 fully saturated rings. The summed E-state index contributed by atoms with van der Waals surface area (Å²) in [7, 11) is 1.95. The van der Waals surface area contributed by atoms with Gasteiger partial charge in [0.1, 0.15) is 6.29 Å². The molecule has 27 heavy (non-hydrogen) atoms. The van der Waals surface area contributed by atoms with Gasteiger partial charge in [0.2, 0.25) is 5.91 Å². The van der Waals surface area contributed by atoms with Gasteiger partial charge < -0.3 is 10.1 Å². The SMILES string of the molecule is C=C1CCC(c2nn(C)c3cc(C4CCN(CC=O)CC4)ccc23)C(=O)N1. The van der Waals surface area contributed by atoms with E-state index in [1.165, 1.54) is 5.56 Å². The molecule has 0 bridgehead atoms. The Morgan fingerprint density at radius 1 is 1.30 bits per heavy atom. The van der Waals surface area contributed by atoms with Gasteiger partial charge in [0.25, 0.3) is 0 Å². The summed E-state index contributed by atoms with van der Waals surface area (Å²) in [6.07, 6.45) is 4.67. The van der Waals surface area contributed by atoms with E-state index in [9.17, 15) is 9.59 Å². The molecule has 0 spiro atoms. The largest absolute Gasteiger partial charge is 0.330 e. The van der Waals surface area contributed by atoms with Crippen LogP contribution in [0.1, 0.15) is 48.8 Å². The molecule has 2 saturated heterocycles. The number of rotatable bonds is 4. The predicted octanol–water partition coefficient (Wildman–Crippen LogP) is 2.46. The standard InChI is InChI=1S/C21H26N4O2/c1-14-3-5-18(21(27)22-14)20-17-6-4-16(13-19(17)24(2)23-20)15-7-9-25(10-8-15)11-12-26/h4,6,12-13,15,18H,1,3,5,7-11H2,2H3,(H,22,27). The van der Waals surface area contributed by atoms with Gasteiger partial charge in [-0.3, -0.25) is 14.4 Å². The molecule has 0 aliphatic carbocycles. The summed E-state index contributed by atoms with van der Waals surface area (Å²) in [5, 5.41) is 8.62. The molecule has 0 saturated carbocycles. The van der Waals surface area contributed by atoms with Crippen molar-refractivity contribution in [2.45, 2.75) is 37.5 Å². The van der Waals surface area contributed by atoms with Crippen molar-refractivity contribution >= 4 is 23.1 Å². The van der Waals surface area contributed by atoms with E-state index in [0.29, 0.717) is 12.5 Å². The number of aromatic nitrogens is 2. The van der Waals surface area contributed by atoms with E-state index >= 15 is 0 Å². The number of aryl methyl sites for hydroxylation is 1. The number of fused-ring (bicyclic) bond motifs is 1. The highest BCUT2D eigenvalue weighted by Gasteiger charge is 2.30. The summed E-state index contributed by atoms with van der Waals surface area (Å²) >= 11 is 0. The van der Waals surface area contributed by atoms with E-state index in [2.05, 4.69) is 35.0 Å². The number of hydrogen-bond donors (Lipinski definition) is 1. The van der Waals surface area contributed by atoms with E-state index in [1.807, 2.05) is 11.7 Å². The average Bonchev–Trinajstić information content (AvgIpc) is 2.99. The normalized spacial score (nSPS) is 22.2. The van der Waals surface area contributed by atoms with Crippen molar-refractivity contribution in [1.29, 1.82) is 0 Å².